The highest BCUT2D eigenvalue weighted by atomic mass is 32.2. The molecule has 0 amide bonds. The molecule has 0 saturated heterocycles. The minimum atomic E-state index is -3.86. The molecular weight excluding hydrogens is 266 g/mol. The summed E-state index contributed by atoms with van der Waals surface area (Å²) >= 11 is 0. The molecule has 104 valence electrons. The zero-order valence-electron chi connectivity index (χ0n) is 11.0. The molecule has 7 heteroatoms. The van der Waals surface area contributed by atoms with Crippen LogP contribution in [-0.2, 0) is 10.0 Å². The van der Waals surface area contributed by atoms with Crippen molar-refractivity contribution in [1.29, 1.82) is 5.26 Å². The standard InChI is InChI=1S/C12H17N3O3S/c1-8(16)12(2,3)15-19(17,18)11-5-4-9(7-13)6-10(11)14/h4-6,8,15-16H,14H2,1-3H3. The van der Waals surface area contributed by atoms with Crippen molar-refractivity contribution >= 4 is 15.7 Å². The molecule has 0 saturated carbocycles. The third-order valence-corrected chi connectivity index (χ3v) is 4.62. The van der Waals surface area contributed by atoms with Gasteiger partial charge in [0.25, 0.3) is 0 Å². The number of rotatable bonds is 4. The van der Waals surface area contributed by atoms with Crippen molar-refractivity contribution in [3.8, 4) is 6.07 Å². The second kappa shape index (κ2) is 5.17. The van der Waals surface area contributed by atoms with Gasteiger partial charge in [0.1, 0.15) is 4.90 Å². The quantitative estimate of drug-likeness (QED) is 0.699. The number of aliphatic hydroxyl groups excluding tert-OH is 1. The number of anilines is 1. The van der Waals surface area contributed by atoms with Crippen molar-refractivity contribution in [2.75, 3.05) is 5.73 Å². The summed E-state index contributed by atoms with van der Waals surface area (Å²) < 4.78 is 26.8. The lowest BCUT2D eigenvalue weighted by Gasteiger charge is -2.29. The lowest BCUT2D eigenvalue weighted by atomic mass is 10.0. The van der Waals surface area contributed by atoms with Gasteiger partial charge in [-0.15, -0.1) is 0 Å². The Kier molecular flexibility index (Phi) is 4.20. The van der Waals surface area contributed by atoms with E-state index in [4.69, 9.17) is 11.0 Å². The highest BCUT2D eigenvalue weighted by Gasteiger charge is 2.31. The Labute approximate surface area is 112 Å². The highest BCUT2D eigenvalue weighted by Crippen LogP contribution is 2.22. The summed E-state index contributed by atoms with van der Waals surface area (Å²) in [5.74, 6) is 0. The number of hydrogen-bond acceptors (Lipinski definition) is 5. The fraction of sp³-hybridized carbons (Fsp3) is 0.417. The van der Waals surface area contributed by atoms with Crippen LogP contribution in [0, 0.1) is 11.3 Å². The van der Waals surface area contributed by atoms with Gasteiger partial charge in [0, 0.05) is 0 Å². The SMILES string of the molecule is CC(O)C(C)(C)NS(=O)(=O)c1ccc(C#N)cc1N. The summed E-state index contributed by atoms with van der Waals surface area (Å²) in [6.45, 7) is 4.62. The molecule has 19 heavy (non-hydrogen) atoms. The van der Waals surface area contributed by atoms with E-state index in [1.54, 1.807) is 13.8 Å². The van der Waals surface area contributed by atoms with Gasteiger partial charge in [-0.2, -0.15) is 5.26 Å². The van der Waals surface area contributed by atoms with Crippen LogP contribution in [0.15, 0.2) is 23.1 Å². The molecule has 0 heterocycles. The number of nitrogen functional groups attached to an aromatic ring is 1. The largest absolute Gasteiger partial charge is 0.398 e. The van der Waals surface area contributed by atoms with Gasteiger partial charge in [-0.25, -0.2) is 13.1 Å². The molecular formula is C12H17N3O3S. The van der Waals surface area contributed by atoms with Crippen molar-refractivity contribution in [3.05, 3.63) is 23.8 Å². The smallest absolute Gasteiger partial charge is 0.243 e. The monoisotopic (exact) mass is 283 g/mol. The molecule has 0 radical (unpaired) electrons. The number of benzene rings is 1. The normalized spacial score (nSPS) is 13.8. The van der Waals surface area contributed by atoms with Crippen LogP contribution in [-0.4, -0.2) is 25.2 Å². The number of nitrogens with one attached hydrogen (secondary N) is 1. The number of nitrogens with two attached hydrogens (primary N) is 1. The summed E-state index contributed by atoms with van der Waals surface area (Å²) in [5.41, 5.74) is 4.89. The molecule has 1 aromatic rings. The van der Waals surface area contributed by atoms with Gasteiger partial charge in [0.2, 0.25) is 10.0 Å². The zero-order valence-corrected chi connectivity index (χ0v) is 11.8. The van der Waals surface area contributed by atoms with Crippen LogP contribution >= 0.6 is 0 Å². The van der Waals surface area contributed by atoms with E-state index in [9.17, 15) is 13.5 Å². The van der Waals surface area contributed by atoms with Gasteiger partial charge in [-0.1, -0.05) is 0 Å². The second-order valence-electron chi connectivity index (χ2n) is 4.87. The van der Waals surface area contributed by atoms with Gasteiger partial charge in [-0.05, 0) is 39.0 Å². The maximum absolute atomic E-state index is 12.2. The molecule has 0 aliphatic carbocycles. The Morgan fingerprint density at radius 2 is 2.05 bits per heavy atom. The van der Waals surface area contributed by atoms with E-state index in [2.05, 4.69) is 4.72 Å². The van der Waals surface area contributed by atoms with Gasteiger partial charge < -0.3 is 10.8 Å². The van der Waals surface area contributed by atoms with Crippen molar-refractivity contribution in [3.63, 3.8) is 0 Å². The first-order valence-corrected chi connectivity index (χ1v) is 7.10. The minimum absolute atomic E-state index is 0.00653. The first kappa shape index (κ1) is 15.4. The zero-order chi connectivity index (χ0) is 14.8. The van der Waals surface area contributed by atoms with Crippen molar-refractivity contribution < 1.29 is 13.5 Å². The molecule has 1 aromatic carbocycles. The number of aliphatic hydroxyl groups is 1. The van der Waals surface area contributed by atoms with Crippen LogP contribution in [0.2, 0.25) is 0 Å². The van der Waals surface area contributed by atoms with Crippen molar-refractivity contribution in [2.24, 2.45) is 0 Å². The predicted molar refractivity (Wildman–Crippen MR) is 71.7 cm³/mol. The summed E-state index contributed by atoms with van der Waals surface area (Å²) in [6, 6.07) is 5.82. The second-order valence-corrected chi connectivity index (χ2v) is 6.52. The average Bonchev–Trinajstić information content (AvgIpc) is 2.26. The maximum atomic E-state index is 12.2. The summed E-state index contributed by atoms with van der Waals surface area (Å²) in [4.78, 5) is -0.111. The van der Waals surface area contributed by atoms with Crippen molar-refractivity contribution in [2.45, 2.75) is 37.3 Å². The minimum Gasteiger partial charge on any atom is -0.398 e. The summed E-state index contributed by atoms with van der Waals surface area (Å²) in [7, 11) is -3.86. The third kappa shape index (κ3) is 3.44. The Balaban J connectivity index is 3.19. The van der Waals surface area contributed by atoms with E-state index in [0.717, 1.165) is 0 Å². The molecule has 1 atom stereocenters. The topological polar surface area (TPSA) is 116 Å². The summed E-state index contributed by atoms with van der Waals surface area (Å²) in [6.07, 6.45) is -0.873. The van der Waals surface area contributed by atoms with Crippen LogP contribution in [0.1, 0.15) is 26.3 Å². The molecule has 4 N–H and O–H groups in total. The van der Waals surface area contributed by atoms with Gasteiger partial charge in [0.05, 0.1) is 29.0 Å². The Hall–Kier alpha value is -1.62. The average molecular weight is 283 g/mol. The first-order valence-electron chi connectivity index (χ1n) is 5.62. The predicted octanol–water partition coefficient (Wildman–Crippen LogP) is 0.578. The molecule has 0 fully saturated rings. The Morgan fingerprint density at radius 1 is 1.47 bits per heavy atom. The first-order chi connectivity index (χ1) is 8.60. The van der Waals surface area contributed by atoms with E-state index in [-0.39, 0.29) is 16.1 Å². The molecule has 0 bridgehead atoms. The van der Waals surface area contributed by atoms with E-state index in [1.165, 1.54) is 25.1 Å². The Bertz CT molecular complexity index is 616. The highest BCUT2D eigenvalue weighted by molar-refractivity contribution is 7.89. The Morgan fingerprint density at radius 3 is 2.47 bits per heavy atom. The van der Waals surface area contributed by atoms with Gasteiger partial charge in [-0.3, -0.25) is 0 Å². The fourth-order valence-electron chi connectivity index (χ4n) is 1.35. The number of hydrogen-bond donors (Lipinski definition) is 3. The molecule has 6 nitrogen and oxygen atoms in total. The van der Waals surface area contributed by atoms with Crippen LogP contribution in [0.5, 0.6) is 0 Å². The van der Waals surface area contributed by atoms with Crippen LogP contribution in [0.4, 0.5) is 5.69 Å². The van der Waals surface area contributed by atoms with Crippen LogP contribution in [0.25, 0.3) is 0 Å². The fourth-order valence-corrected chi connectivity index (χ4v) is 2.94. The number of sulfonamides is 1. The molecule has 0 spiro atoms. The molecule has 1 unspecified atom stereocenters. The summed E-state index contributed by atoms with van der Waals surface area (Å²) in [5, 5.41) is 18.3. The van der Waals surface area contributed by atoms with Crippen LogP contribution < -0.4 is 10.5 Å². The van der Waals surface area contributed by atoms with E-state index < -0.39 is 21.7 Å². The van der Waals surface area contributed by atoms with Crippen LogP contribution in [0.3, 0.4) is 0 Å². The lowest BCUT2D eigenvalue weighted by molar-refractivity contribution is 0.111. The van der Waals surface area contributed by atoms with E-state index >= 15 is 0 Å². The molecule has 0 aliphatic rings. The van der Waals surface area contributed by atoms with Gasteiger partial charge in [0.15, 0.2) is 0 Å². The molecule has 0 aliphatic heterocycles. The van der Waals surface area contributed by atoms with Crippen molar-refractivity contribution in [1.82, 2.24) is 4.72 Å². The molecule has 1 rings (SSSR count). The lowest BCUT2D eigenvalue weighted by Crippen LogP contribution is -2.50. The van der Waals surface area contributed by atoms with E-state index in [1.807, 2.05) is 6.07 Å². The van der Waals surface area contributed by atoms with Gasteiger partial charge >= 0.3 is 0 Å². The number of nitrogens with zero attached hydrogens (tertiary/aromatic N) is 1. The third-order valence-electron chi connectivity index (χ3n) is 2.87. The number of nitriles is 1. The maximum Gasteiger partial charge on any atom is 0.243 e. The van der Waals surface area contributed by atoms with E-state index in [0.29, 0.717) is 0 Å². The molecule has 0 aromatic heterocycles.